The number of hydrogen-bond donors (Lipinski definition) is 0. The third-order valence-electron chi connectivity index (χ3n) is 0.937. The minimum absolute atomic E-state index is 0.618. The maximum Gasteiger partial charge on any atom is 0.307 e. The molecule has 0 radical (unpaired) electrons. The Kier molecular flexibility index (Phi) is 5.49. The maximum absolute atomic E-state index is 10.7. The van der Waals surface area contributed by atoms with E-state index in [1.54, 1.807) is 0 Å². The summed E-state index contributed by atoms with van der Waals surface area (Å²) < 4.78 is 10.7. The predicted molar refractivity (Wildman–Crippen MR) is 51.2 cm³/mol. The van der Waals surface area contributed by atoms with Gasteiger partial charge in [-0.1, -0.05) is 25.2 Å². The van der Waals surface area contributed by atoms with Gasteiger partial charge in [-0.15, -0.1) is 0 Å². The van der Waals surface area contributed by atoms with Gasteiger partial charge in [0.2, 0.25) is 0 Å². The van der Waals surface area contributed by atoms with Crippen LogP contribution in [0.5, 0.6) is 0 Å². The summed E-state index contributed by atoms with van der Waals surface area (Å²) in [5, 5.41) is -2.86. The van der Waals surface area contributed by atoms with E-state index in [0.717, 1.165) is 23.6 Å². The lowest BCUT2D eigenvalue weighted by molar-refractivity contribution is 0.600. The van der Waals surface area contributed by atoms with Crippen LogP contribution in [0.3, 0.4) is 0 Å². The summed E-state index contributed by atoms with van der Waals surface area (Å²) in [5.41, 5.74) is 0. The quantitative estimate of drug-likeness (QED) is 0.656. The zero-order valence-electron chi connectivity index (χ0n) is 6.01. The summed E-state index contributed by atoms with van der Waals surface area (Å²) in [6, 6.07) is 0. The van der Waals surface area contributed by atoms with Crippen LogP contribution in [0.1, 0.15) is 20.3 Å². The van der Waals surface area contributed by atoms with E-state index in [-0.39, 0.29) is 0 Å². The standard InChI is InChI=1S/C5H11Cl2OPS/c1-5(2)3-4-10-9(6,7)8/h5H,3-4H2,1-2H3. The van der Waals surface area contributed by atoms with Gasteiger partial charge < -0.3 is 0 Å². The molecule has 0 saturated carbocycles. The van der Waals surface area contributed by atoms with Gasteiger partial charge in [0.15, 0.2) is 0 Å². The first kappa shape index (κ1) is 11.2. The van der Waals surface area contributed by atoms with Crippen LogP contribution in [0.25, 0.3) is 0 Å². The van der Waals surface area contributed by atoms with E-state index in [1.165, 1.54) is 0 Å². The van der Waals surface area contributed by atoms with Crippen molar-refractivity contribution in [3.8, 4) is 0 Å². The van der Waals surface area contributed by atoms with Crippen molar-refractivity contribution < 1.29 is 4.57 Å². The Bertz CT molecular complexity index is 134. The smallest absolute Gasteiger partial charge is 0.277 e. The summed E-state index contributed by atoms with van der Waals surface area (Å²) in [7, 11) is 0. The second-order valence-electron chi connectivity index (χ2n) is 2.43. The summed E-state index contributed by atoms with van der Waals surface area (Å²) in [5.74, 6) is 1.40. The Morgan fingerprint density at radius 1 is 1.50 bits per heavy atom. The van der Waals surface area contributed by atoms with Gasteiger partial charge in [0.05, 0.1) is 0 Å². The van der Waals surface area contributed by atoms with E-state index >= 15 is 0 Å². The molecule has 0 aromatic heterocycles. The molecule has 0 aromatic rings. The van der Waals surface area contributed by atoms with Crippen LogP contribution in [0.4, 0.5) is 0 Å². The molecule has 0 amide bonds. The molecule has 0 saturated heterocycles. The molecule has 0 bridgehead atoms. The molecule has 62 valence electrons. The highest BCUT2D eigenvalue weighted by Crippen LogP contribution is 2.68. The normalized spacial score (nSPS) is 12.5. The fourth-order valence-electron chi connectivity index (χ4n) is 0.395. The van der Waals surface area contributed by atoms with E-state index in [9.17, 15) is 4.57 Å². The van der Waals surface area contributed by atoms with Gasteiger partial charge in [-0.2, -0.15) is 0 Å². The Labute approximate surface area is 75.6 Å². The third-order valence-corrected chi connectivity index (χ3v) is 4.86. The molecule has 0 heterocycles. The fraction of sp³-hybridized carbons (Fsp3) is 1.00. The molecule has 5 heteroatoms. The largest absolute Gasteiger partial charge is 0.307 e. The third kappa shape index (κ3) is 9.16. The summed E-state index contributed by atoms with van der Waals surface area (Å²) in [4.78, 5) is 0. The minimum Gasteiger partial charge on any atom is -0.277 e. The van der Waals surface area contributed by atoms with Gasteiger partial charge in [-0.3, -0.25) is 4.57 Å². The Morgan fingerprint density at radius 2 is 2.00 bits per heavy atom. The number of halogens is 2. The highest BCUT2D eigenvalue weighted by atomic mass is 35.9. The van der Waals surface area contributed by atoms with Crippen LogP contribution >= 0.6 is 38.9 Å². The fourth-order valence-corrected chi connectivity index (χ4v) is 3.38. The lowest BCUT2D eigenvalue weighted by atomic mass is 10.2. The Balaban J connectivity index is 3.30. The van der Waals surface area contributed by atoms with E-state index in [2.05, 4.69) is 13.8 Å². The first-order chi connectivity index (χ1) is 4.42. The lowest BCUT2D eigenvalue weighted by Gasteiger charge is -2.03. The van der Waals surface area contributed by atoms with E-state index in [4.69, 9.17) is 22.5 Å². The Morgan fingerprint density at radius 3 is 2.30 bits per heavy atom. The molecule has 0 fully saturated rings. The number of rotatable bonds is 4. The van der Waals surface area contributed by atoms with Crippen LogP contribution in [-0.4, -0.2) is 5.75 Å². The summed E-state index contributed by atoms with van der Waals surface area (Å²) in [6.07, 6.45) is 1.01. The summed E-state index contributed by atoms with van der Waals surface area (Å²) in [6.45, 7) is 4.21. The topological polar surface area (TPSA) is 17.1 Å². The molecular formula is C5H11Cl2OPS. The summed E-state index contributed by atoms with van der Waals surface area (Å²) >= 11 is 11.7. The van der Waals surface area contributed by atoms with Gasteiger partial charge in [-0.25, -0.2) is 0 Å². The van der Waals surface area contributed by atoms with Crippen LogP contribution in [-0.2, 0) is 4.57 Å². The van der Waals surface area contributed by atoms with Crippen molar-refractivity contribution in [2.75, 3.05) is 5.75 Å². The highest BCUT2D eigenvalue weighted by molar-refractivity contribution is 8.72. The first-order valence-corrected chi connectivity index (χ1v) is 8.16. The average molecular weight is 221 g/mol. The van der Waals surface area contributed by atoms with E-state index in [1.807, 2.05) is 0 Å². The van der Waals surface area contributed by atoms with Crippen molar-refractivity contribution in [2.24, 2.45) is 5.92 Å². The van der Waals surface area contributed by atoms with Crippen molar-refractivity contribution in [1.29, 1.82) is 0 Å². The van der Waals surface area contributed by atoms with Gasteiger partial charge in [0, 0.05) is 5.75 Å². The predicted octanol–water partition coefficient (Wildman–Crippen LogP) is 4.35. The van der Waals surface area contributed by atoms with Crippen LogP contribution in [0.2, 0.25) is 0 Å². The molecule has 0 spiro atoms. The van der Waals surface area contributed by atoms with E-state index < -0.39 is 5.05 Å². The molecule has 0 aliphatic heterocycles. The molecule has 0 rings (SSSR count). The lowest BCUT2D eigenvalue weighted by Crippen LogP contribution is -1.87. The first-order valence-electron chi connectivity index (χ1n) is 3.05. The highest BCUT2D eigenvalue weighted by Gasteiger charge is 2.13. The van der Waals surface area contributed by atoms with Crippen molar-refractivity contribution in [3.05, 3.63) is 0 Å². The van der Waals surface area contributed by atoms with Crippen LogP contribution < -0.4 is 0 Å². The Hall–Kier alpha value is 1.16. The van der Waals surface area contributed by atoms with Gasteiger partial charge in [-0.05, 0) is 34.8 Å². The van der Waals surface area contributed by atoms with Crippen molar-refractivity contribution in [1.82, 2.24) is 0 Å². The van der Waals surface area contributed by atoms with Crippen molar-refractivity contribution >= 4 is 38.9 Å². The van der Waals surface area contributed by atoms with Gasteiger partial charge >= 0.3 is 5.05 Å². The molecule has 0 unspecified atom stereocenters. The molecule has 0 aliphatic rings. The van der Waals surface area contributed by atoms with Crippen LogP contribution in [0, 0.1) is 5.92 Å². The second kappa shape index (κ2) is 4.92. The van der Waals surface area contributed by atoms with Crippen molar-refractivity contribution in [3.63, 3.8) is 0 Å². The molecule has 0 N–H and O–H groups in total. The second-order valence-corrected chi connectivity index (χ2v) is 10.8. The monoisotopic (exact) mass is 220 g/mol. The maximum atomic E-state index is 10.7. The molecule has 0 aromatic carbocycles. The van der Waals surface area contributed by atoms with Crippen molar-refractivity contribution in [2.45, 2.75) is 20.3 Å². The zero-order valence-corrected chi connectivity index (χ0v) is 9.23. The van der Waals surface area contributed by atoms with Crippen LogP contribution in [0.15, 0.2) is 0 Å². The molecule has 10 heavy (non-hydrogen) atoms. The number of hydrogen-bond acceptors (Lipinski definition) is 2. The zero-order chi connectivity index (χ0) is 8.20. The molecule has 1 nitrogen and oxygen atoms in total. The average Bonchev–Trinajstić information content (AvgIpc) is 1.59. The van der Waals surface area contributed by atoms with Gasteiger partial charge in [0.1, 0.15) is 0 Å². The molecular weight excluding hydrogens is 210 g/mol. The molecule has 0 aliphatic carbocycles. The molecule has 0 atom stereocenters. The minimum atomic E-state index is -2.86. The van der Waals surface area contributed by atoms with E-state index in [0.29, 0.717) is 5.92 Å². The van der Waals surface area contributed by atoms with Gasteiger partial charge in [0.25, 0.3) is 0 Å². The SMILES string of the molecule is CC(C)CCSP(=O)(Cl)Cl.